The van der Waals surface area contributed by atoms with Gasteiger partial charge in [0.15, 0.2) is 5.78 Å². The zero-order valence-corrected chi connectivity index (χ0v) is 25.2. The van der Waals surface area contributed by atoms with Crippen LogP contribution in [0.1, 0.15) is 84.6 Å². The van der Waals surface area contributed by atoms with Crippen molar-refractivity contribution in [3.63, 3.8) is 0 Å². The quantitative estimate of drug-likeness (QED) is 0.332. The van der Waals surface area contributed by atoms with Gasteiger partial charge in [-0.25, -0.2) is 0 Å². The van der Waals surface area contributed by atoms with Crippen LogP contribution in [-0.2, 0) is 30.3 Å². The smallest absolute Gasteiger partial charge is 0.310 e. The highest BCUT2D eigenvalue weighted by atomic mass is 127. The summed E-state index contributed by atoms with van der Waals surface area (Å²) in [7, 11) is 0. The number of ketones is 1. The summed E-state index contributed by atoms with van der Waals surface area (Å²) in [6.45, 7) is 7.47. The predicted molar refractivity (Wildman–Crippen MR) is 151 cm³/mol. The number of hydrogen-bond acceptors (Lipinski definition) is 6. The molecule has 1 N–H and O–H groups in total. The van der Waals surface area contributed by atoms with E-state index in [2.05, 4.69) is 36.4 Å². The Morgan fingerprint density at radius 1 is 1.00 bits per heavy atom. The van der Waals surface area contributed by atoms with Crippen molar-refractivity contribution in [3.05, 3.63) is 33.4 Å². The Bertz CT molecular complexity index is 1120. The molecule has 0 heterocycles. The van der Waals surface area contributed by atoms with Gasteiger partial charge in [-0.15, -0.1) is 0 Å². The van der Waals surface area contributed by atoms with Gasteiger partial charge in [-0.1, -0.05) is 26.0 Å². The summed E-state index contributed by atoms with van der Waals surface area (Å²) in [5, 5.41) is 11.6. The molecule has 0 aliphatic heterocycles. The van der Waals surface area contributed by atoms with Crippen LogP contribution in [0.25, 0.3) is 0 Å². The monoisotopic (exact) mass is 636 g/mol. The summed E-state index contributed by atoms with van der Waals surface area (Å²) in [4.78, 5) is 37.8. The molecular weight excluding hydrogens is 595 g/mol. The van der Waals surface area contributed by atoms with Gasteiger partial charge in [-0.05, 0) is 122 Å². The van der Waals surface area contributed by atoms with Crippen molar-refractivity contribution in [2.75, 3.05) is 0 Å². The predicted octanol–water partition coefficient (Wildman–Crippen LogP) is 5.65. The molecule has 0 aromatic heterocycles. The topological polar surface area (TPSA) is 89.9 Å². The number of ether oxygens (including phenoxy) is 2. The lowest BCUT2D eigenvalue weighted by atomic mass is 9.43. The molecule has 4 saturated carbocycles. The van der Waals surface area contributed by atoms with Crippen LogP contribution < -0.4 is 0 Å². The molecule has 1 aromatic rings. The van der Waals surface area contributed by atoms with Crippen LogP contribution >= 0.6 is 22.6 Å². The standard InChI is InChI=1S/C31H41IO6/c1-18(33)31(36)13-10-25-28-24(9-12-30(25,31)4)29(3)11-8-23(37-19(2)34)16-21(29)17-26(28)38-27(35)15-20-6-5-7-22(32)14-20/h5-7,14,21,23-26,28,36H,8-13,15-17H2,1-4H3/t21-,23?,24?,25?,26-,28?,29+,30+,31+/m1/s1. The molecule has 4 aliphatic rings. The first-order valence-electron chi connectivity index (χ1n) is 14.2. The van der Waals surface area contributed by atoms with E-state index in [0.717, 1.165) is 54.1 Å². The lowest BCUT2D eigenvalue weighted by Crippen LogP contribution is -2.62. The summed E-state index contributed by atoms with van der Waals surface area (Å²) in [5.41, 5.74) is -0.842. The second-order valence-electron chi connectivity index (χ2n) is 13.0. The highest BCUT2D eigenvalue weighted by Gasteiger charge is 2.68. The summed E-state index contributed by atoms with van der Waals surface area (Å²) in [5.74, 6) is 0.240. The van der Waals surface area contributed by atoms with Crippen molar-refractivity contribution >= 4 is 40.3 Å². The minimum absolute atomic E-state index is 0.0536. The van der Waals surface area contributed by atoms with E-state index >= 15 is 0 Å². The number of esters is 2. The maximum atomic E-state index is 13.3. The molecule has 4 aliphatic carbocycles. The van der Waals surface area contributed by atoms with Gasteiger partial charge in [0.25, 0.3) is 0 Å². The molecule has 0 saturated heterocycles. The van der Waals surface area contributed by atoms with Crippen molar-refractivity contribution < 1.29 is 29.0 Å². The van der Waals surface area contributed by atoms with Crippen LogP contribution in [0.4, 0.5) is 0 Å². The lowest BCUT2D eigenvalue weighted by Gasteiger charge is -2.63. The number of halogens is 1. The average molecular weight is 637 g/mol. The van der Waals surface area contributed by atoms with Crippen LogP contribution in [0, 0.1) is 38.1 Å². The molecule has 5 rings (SSSR count). The van der Waals surface area contributed by atoms with Gasteiger partial charge in [-0.2, -0.15) is 0 Å². The molecule has 0 spiro atoms. The first-order chi connectivity index (χ1) is 17.9. The molecule has 0 radical (unpaired) electrons. The maximum absolute atomic E-state index is 13.3. The fourth-order valence-electron chi connectivity index (χ4n) is 9.24. The van der Waals surface area contributed by atoms with Gasteiger partial charge in [0, 0.05) is 21.8 Å². The number of fused-ring (bicyclic) bond motifs is 5. The molecule has 0 bridgehead atoms. The normalized spacial score (nSPS) is 41.8. The maximum Gasteiger partial charge on any atom is 0.310 e. The van der Waals surface area contributed by atoms with E-state index < -0.39 is 11.0 Å². The molecule has 208 valence electrons. The number of rotatable bonds is 5. The van der Waals surface area contributed by atoms with Gasteiger partial charge in [0.1, 0.15) is 17.8 Å². The zero-order chi connectivity index (χ0) is 27.5. The summed E-state index contributed by atoms with van der Waals surface area (Å²) in [6, 6.07) is 7.92. The van der Waals surface area contributed by atoms with Crippen LogP contribution in [0.15, 0.2) is 24.3 Å². The third kappa shape index (κ3) is 4.63. The summed E-state index contributed by atoms with van der Waals surface area (Å²) < 4.78 is 13.1. The molecule has 38 heavy (non-hydrogen) atoms. The van der Waals surface area contributed by atoms with E-state index in [1.54, 1.807) is 0 Å². The first kappa shape index (κ1) is 28.1. The minimum Gasteiger partial charge on any atom is -0.463 e. The number of carbonyl (C=O) groups is 3. The van der Waals surface area contributed by atoms with Crippen molar-refractivity contribution in [2.24, 2.45) is 34.5 Å². The second-order valence-corrected chi connectivity index (χ2v) is 14.2. The zero-order valence-electron chi connectivity index (χ0n) is 23.0. The second kappa shape index (κ2) is 10.2. The van der Waals surface area contributed by atoms with Gasteiger partial charge in [0.2, 0.25) is 0 Å². The number of carbonyl (C=O) groups excluding carboxylic acids is 3. The minimum atomic E-state index is -1.32. The molecular formula is C31H41IO6. The van der Waals surface area contributed by atoms with Gasteiger partial charge < -0.3 is 14.6 Å². The average Bonchev–Trinajstić information content (AvgIpc) is 3.11. The molecule has 6 nitrogen and oxygen atoms in total. The van der Waals surface area contributed by atoms with Crippen LogP contribution in [0.2, 0.25) is 0 Å². The number of hydrogen-bond donors (Lipinski definition) is 1. The molecule has 0 amide bonds. The molecule has 7 heteroatoms. The van der Waals surface area contributed by atoms with Crippen LogP contribution in [-0.4, -0.2) is 40.6 Å². The first-order valence-corrected chi connectivity index (χ1v) is 15.3. The Labute approximate surface area is 239 Å². The van der Waals surface area contributed by atoms with E-state index in [-0.39, 0.29) is 59.5 Å². The summed E-state index contributed by atoms with van der Waals surface area (Å²) in [6.07, 6.45) is 6.17. The van der Waals surface area contributed by atoms with E-state index in [1.165, 1.54) is 13.8 Å². The van der Waals surface area contributed by atoms with Crippen molar-refractivity contribution in [1.82, 2.24) is 0 Å². The van der Waals surface area contributed by atoms with Gasteiger partial charge in [0.05, 0.1) is 6.42 Å². The van der Waals surface area contributed by atoms with Gasteiger partial charge in [-0.3, -0.25) is 14.4 Å². The fraction of sp³-hybridized carbons (Fsp3) is 0.710. The molecule has 9 atom stereocenters. The molecule has 4 fully saturated rings. The van der Waals surface area contributed by atoms with Crippen LogP contribution in [0.5, 0.6) is 0 Å². The van der Waals surface area contributed by atoms with E-state index in [4.69, 9.17) is 9.47 Å². The van der Waals surface area contributed by atoms with E-state index in [1.807, 2.05) is 24.3 Å². The van der Waals surface area contributed by atoms with Crippen molar-refractivity contribution in [3.8, 4) is 0 Å². The number of Topliss-reactive ketones (excluding diaryl/α,β-unsaturated/α-hetero) is 1. The molecule has 1 aromatic carbocycles. The van der Waals surface area contributed by atoms with Crippen LogP contribution in [0.3, 0.4) is 0 Å². The Morgan fingerprint density at radius 3 is 2.42 bits per heavy atom. The SMILES string of the molecule is CC(=O)OC1CC[C@]2(C)C3CC[C@@]4(C)C(CC[C@]4(O)C(C)=O)C3[C@H](OC(=O)Cc3cccc(I)c3)C[C@H]2C1. The lowest BCUT2D eigenvalue weighted by molar-refractivity contribution is -0.207. The summed E-state index contributed by atoms with van der Waals surface area (Å²) >= 11 is 2.25. The van der Waals surface area contributed by atoms with Crippen molar-refractivity contribution in [2.45, 2.75) is 103 Å². The van der Waals surface area contributed by atoms with Crippen molar-refractivity contribution in [1.29, 1.82) is 0 Å². The Hall–Kier alpha value is -1.48. The van der Waals surface area contributed by atoms with E-state index in [0.29, 0.717) is 12.3 Å². The third-order valence-corrected chi connectivity index (χ3v) is 11.9. The Balaban J connectivity index is 1.46. The largest absolute Gasteiger partial charge is 0.463 e. The number of benzene rings is 1. The number of aliphatic hydroxyl groups is 1. The third-order valence-electron chi connectivity index (χ3n) is 11.2. The highest BCUT2D eigenvalue weighted by molar-refractivity contribution is 14.1. The Morgan fingerprint density at radius 2 is 1.74 bits per heavy atom. The highest BCUT2D eigenvalue weighted by Crippen LogP contribution is 2.68. The Kier molecular flexibility index (Phi) is 7.51. The van der Waals surface area contributed by atoms with Gasteiger partial charge >= 0.3 is 11.9 Å². The molecule has 4 unspecified atom stereocenters. The fourth-order valence-corrected chi connectivity index (χ4v) is 9.85. The van der Waals surface area contributed by atoms with E-state index in [9.17, 15) is 19.5 Å².